The quantitative estimate of drug-likeness (QED) is 0.697. The number of nitrogens with zero attached hydrogens (tertiary/aromatic N) is 2. The van der Waals surface area contributed by atoms with Crippen LogP contribution >= 0.6 is 0 Å². The Morgan fingerprint density at radius 2 is 2.11 bits per heavy atom. The number of para-hydroxylation sites is 1. The highest BCUT2D eigenvalue weighted by Crippen LogP contribution is 2.40. The maximum absolute atomic E-state index is 11.8. The number of nitrogens with one attached hydrogen (secondary N) is 1. The van der Waals surface area contributed by atoms with Crippen molar-refractivity contribution in [1.82, 2.24) is 9.19 Å². The van der Waals surface area contributed by atoms with Crippen LogP contribution in [0.4, 0.5) is 5.69 Å². The second-order valence-electron chi connectivity index (χ2n) is 6.76. The molecule has 0 bridgehead atoms. The third kappa shape index (κ3) is 3.16. The van der Waals surface area contributed by atoms with E-state index in [1.54, 1.807) is 6.07 Å². The van der Waals surface area contributed by atoms with Gasteiger partial charge in [-0.15, -0.1) is 0 Å². The highest BCUT2D eigenvalue weighted by Gasteiger charge is 2.23. The van der Waals surface area contributed by atoms with E-state index in [4.69, 9.17) is 4.74 Å². The van der Waals surface area contributed by atoms with Crippen LogP contribution in [0.3, 0.4) is 0 Å². The molecule has 0 amide bonds. The van der Waals surface area contributed by atoms with Crippen molar-refractivity contribution >= 4 is 32.9 Å². The molecule has 0 spiro atoms. The first-order valence-corrected chi connectivity index (χ1v) is 10.4. The second-order valence-corrected chi connectivity index (χ2v) is 8.57. The van der Waals surface area contributed by atoms with Crippen LogP contribution in [-0.4, -0.2) is 42.3 Å². The Morgan fingerprint density at radius 1 is 1.30 bits per heavy atom. The van der Waals surface area contributed by atoms with E-state index in [1.165, 1.54) is 6.20 Å². The van der Waals surface area contributed by atoms with Gasteiger partial charge in [-0.25, -0.2) is 8.42 Å². The first kappa shape index (κ1) is 17.5. The monoisotopic (exact) mass is 385 g/mol. The largest absolute Gasteiger partial charge is 0.488 e. The number of anilines is 1. The van der Waals surface area contributed by atoms with Crippen LogP contribution in [0.1, 0.15) is 13.3 Å². The summed E-state index contributed by atoms with van der Waals surface area (Å²) in [6, 6.07) is 10.9. The van der Waals surface area contributed by atoms with Crippen molar-refractivity contribution in [3.8, 4) is 16.9 Å². The van der Waals surface area contributed by atoms with Crippen LogP contribution in [0.5, 0.6) is 5.75 Å². The van der Waals surface area contributed by atoms with Gasteiger partial charge >= 0.3 is 0 Å². The molecule has 7 nitrogen and oxygen atoms in total. The standard InChI is InChI=1S/C19H19N3O4S/c1-12-8-15(11-23)21-17-5-3-4-16(19(17)26-12)13-6-7-18-14(9-13)10-20-22(18)27(2,24)25/h3-7,9-12,15,21H,8H2,1-2H3/t12-,15?/m1/s1. The first-order valence-electron chi connectivity index (χ1n) is 8.57. The number of rotatable bonds is 3. The molecule has 0 saturated heterocycles. The van der Waals surface area contributed by atoms with Crippen molar-refractivity contribution in [2.75, 3.05) is 11.6 Å². The van der Waals surface area contributed by atoms with E-state index in [2.05, 4.69) is 10.4 Å². The Balaban J connectivity index is 1.84. The van der Waals surface area contributed by atoms with Gasteiger partial charge < -0.3 is 14.8 Å². The molecule has 140 valence electrons. The van der Waals surface area contributed by atoms with E-state index in [9.17, 15) is 13.2 Å². The van der Waals surface area contributed by atoms with Crippen molar-refractivity contribution in [2.45, 2.75) is 25.5 Å². The third-order valence-corrected chi connectivity index (χ3v) is 5.50. The molecule has 0 aliphatic carbocycles. The van der Waals surface area contributed by atoms with E-state index >= 15 is 0 Å². The van der Waals surface area contributed by atoms with Crippen LogP contribution in [0.2, 0.25) is 0 Å². The summed E-state index contributed by atoms with van der Waals surface area (Å²) in [5, 5.41) is 7.92. The number of hydrogen-bond acceptors (Lipinski definition) is 6. The molecule has 1 aliphatic rings. The van der Waals surface area contributed by atoms with Gasteiger partial charge in [0.25, 0.3) is 10.0 Å². The SMILES string of the molecule is C[C@@H]1CC(C=O)Nc2cccc(-c3ccc4c(cnn4S(C)(=O)=O)c3)c2O1. The molecule has 1 unspecified atom stereocenters. The number of benzene rings is 2. The summed E-state index contributed by atoms with van der Waals surface area (Å²) in [6.07, 6.45) is 4.01. The van der Waals surface area contributed by atoms with Crippen molar-refractivity contribution in [2.24, 2.45) is 0 Å². The summed E-state index contributed by atoms with van der Waals surface area (Å²) < 4.78 is 30.8. The lowest BCUT2D eigenvalue weighted by molar-refractivity contribution is -0.108. The van der Waals surface area contributed by atoms with Crippen LogP contribution in [0, 0.1) is 0 Å². The Hall–Kier alpha value is -2.87. The Bertz CT molecular complexity index is 1140. The zero-order chi connectivity index (χ0) is 19.2. The van der Waals surface area contributed by atoms with Crippen LogP contribution < -0.4 is 10.1 Å². The molecule has 1 aromatic heterocycles. The average molecular weight is 385 g/mol. The molecule has 2 aromatic carbocycles. The van der Waals surface area contributed by atoms with E-state index in [-0.39, 0.29) is 12.1 Å². The fraction of sp³-hybridized carbons (Fsp3) is 0.263. The fourth-order valence-corrected chi connectivity index (χ4v) is 4.14. The van der Waals surface area contributed by atoms with Gasteiger partial charge in [-0.05, 0) is 30.7 Å². The number of ether oxygens (including phenoxy) is 1. The molecule has 1 aliphatic heterocycles. The molecule has 3 aromatic rings. The lowest BCUT2D eigenvalue weighted by Crippen LogP contribution is -2.24. The van der Waals surface area contributed by atoms with Gasteiger partial charge in [0.05, 0.1) is 35.8 Å². The minimum Gasteiger partial charge on any atom is -0.488 e. The summed E-state index contributed by atoms with van der Waals surface area (Å²) in [5.74, 6) is 0.684. The molecule has 1 N–H and O–H groups in total. The van der Waals surface area contributed by atoms with Gasteiger partial charge in [0.15, 0.2) is 5.75 Å². The number of aldehydes is 1. The van der Waals surface area contributed by atoms with Crippen molar-refractivity contribution in [3.05, 3.63) is 42.6 Å². The zero-order valence-corrected chi connectivity index (χ0v) is 15.7. The molecule has 0 fully saturated rings. The zero-order valence-electron chi connectivity index (χ0n) is 14.9. The topological polar surface area (TPSA) is 90.3 Å². The Kier molecular flexibility index (Phi) is 4.15. The molecular weight excluding hydrogens is 366 g/mol. The minimum atomic E-state index is -3.46. The van der Waals surface area contributed by atoms with E-state index in [0.717, 1.165) is 38.8 Å². The van der Waals surface area contributed by atoms with Gasteiger partial charge in [-0.1, -0.05) is 18.2 Å². The Labute approximate surface area is 157 Å². The molecule has 0 saturated carbocycles. The molecule has 4 rings (SSSR count). The van der Waals surface area contributed by atoms with Gasteiger partial charge in [0.1, 0.15) is 6.29 Å². The summed E-state index contributed by atoms with van der Waals surface area (Å²) in [7, 11) is -3.46. The summed E-state index contributed by atoms with van der Waals surface area (Å²) >= 11 is 0. The molecular formula is C19H19N3O4S. The third-order valence-electron chi connectivity index (χ3n) is 4.59. The molecule has 27 heavy (non-hydrogen) atoms. The predicted octanol–water partition coefficient (Wildman–Crippen LogP) is 2.66. The van der Waals surface area contributed by atoms with Crippen LogP contribution in [0.15, 0.2) is 42.6 Å². The lowest BCUT2D eigenvalue weighted by Gasteiger charge is -2.16. The van der Waals surface area contributed by atoms with E-state index in [1.807, 2.05) is 37.3 Å². The Morgan fingerprint density at radius 3 is 2.85 bits per heavy atom. The summed E-state index contributed by atoms with van der Waals surface area (Å²) in [5.41, 5.74) is 3.04. The highest BCUT2D eigenvalue weighted by molar-refractivity contribution is 7.89. The van der Waals surface area contributed by atoms with Gasteiger partial charge in [-0.2, -0.15) is 9.19 Å². The number of aromatic nitrogens is 2. The van der Waals surface area contributed by atoms with Gasteiger partial charge in [0.2, 0.25) is 0 Å². The second kappa shape index (κ2) is 6.38. The number of hydrogen-bond donors (Lipinski definition) is 1. The van der Waals surface area contributed by atoms with E-state index < -0.39 is 10.0 Å². The molecule has 0 radical (unpaired) electrons. The molecule has 2 heterocycles. The smallest absolute Gasteiger partial charge is 0.251 e. The average Bonchev–Trinajstić information content (AvgIpc) is 2.98. The lowest BCUT2D eigenvalue weighted by atomic mass is 10.0. The number of carbonyl (C=O) groups excluding carboxylic acids is 1. The number of carbonyl (C=O) groups is 1. The minimum absolute atomic E-state index is 0.119. The first-order chi connectivity index (χ1) is 12.9. The maximum Gasteiger partial charge on any atom is 0.251 e. The van der Waals surface area contributed by atoms with Gasteiger partial charge in [-0.3, -0.25) is 0 Å². The van der Waals surface area contributed by atoms with Crippen molar-refractivity contribution in [1.29, 1.82) is 0 Å². The molecule has 8 heteroatoms. The summed E-state index contributed by atoms with van der Waals surface area (Å²) in [6.45, 7) is 1.93. The van der Waals surface area contributed by atoms with Crippen molar-refractivity contribution in [3.63, 3.8) is 0 Å². The molecule has 2 atom stereocenters. The van der Waals surface area contributed by atoms with E-state index in [0.29, 0.717) is 17.7 Å². The van der Waals surface area contributed by atoms with Gasteiger partial charge in [0, 0.05) is 17.4 Å². The summed E-state index contributed by atoms with van der Waals surface area (Å²) in [4.78, 5) is 11.3. The highest BCUT2D eigenvalue weighted by atomic mass is 32.2. The van der Waals surface area contributed by atoms with Crippen LogP contribution in [-0.2, 0) is 14.8 Å². The fourth-order valence-electron chi connectivity index (χ4n) is 3.40. The van der Waals surface area contributed by atoms with Crippen LogP contribution in [0.25, 0.3) is 22.0 Å². The predicted molar refractivity (Wildman–Crippen MR) is 104 cm³/mol. The maximum atomic E-state index is 11.8. The number of fused-ring (bicyclic) bond motifs is 2. The normalized spacial score (nSPS) is 19.6. The van der Waals surface area contributed by atoms with Crippen molar-refractivity contribution < 1.29 is 17.9 Å².